The molecule has 2 rings (SSSR count). The molecule has 1 unspecified atom stereocenters. The van der Waals surface area contributed by atoms with E-state index in [1.165, 1.54) is 12.8 Å². The molecule has 82 valence electrons. The number of carbonyl (C=O) groups excluding carboxylic acids is 1. The molecule has 0 aromatic heterocycles. The summed E-state index contributed by atoms with van der Waals surface area (Å²) in [5.41, 5.74) is 0.418. The van der Waals surface area contributed by atoms with E-state index in [9.17, 15) is 4.79 Å². The van der Waals surface area contributed by atoms with Crippen molar-refractivity contribution in [2.75, 3.05) is 18.2 Å². The van der Waals surface area contributed by atoms with Crippen molar-refractivity contribution in [3.8, 4) is 0 Å². The van der Waals surface area contributed by atoms with Crippen LogP contribution in [0.5, 0.6) is 0 Å². The van der Waals surface area contributed by atoms with Gasteiger partial charge < -0.3 is 5.32 Å². The minimum Gasteiger partial charge on any atom is -0.354 e. The van der Waals surface area contributed by atoms with Crippen molar-refractivity contribution in [3.63, 3.8) is 0 Å². The standard InChI is InChI=1S/C9H16N2OS.ClH/c1-9(2-3-9)5-10-8(12)7-4-13-6-11-7;/h7,11H,2-6H2,1H3,(H,10,12);1H. The Morgan fingerprint density at radius 3 is 2.86 bits per heavy atom. The van der Waals surface area contributed by atoms with Crippen LogP contribution in [0.3, 0.4) is 0 Å². The summed E-state index contributed by atoms with van der Waals surface area (Å²) < 4.78 is 0. The Morgan fingerprint density at radius 1 is 1.64 bits per heavy atom. The van der Waals surface area contributed by atoms with Gasteiger partial charge in [-0.25, -0.2) is 0 Å². The van der Waals surface area contributed by atoms with Crippen molar-refractivity contribution in [2.24, 2.45) is 5.41 Å². The van der Waals surface area contributed by atoms with Gasteiger partial charge in [0.2, 0.25) is 5.91 Å². The molecule has 1 saturated heterocycles. The number of hydrogen-bond donors (Lipinski definition) is 2. The minimum atomic E-state index is 0. The average Bonchev–Trinajstić information content (AvgIpc) is 2.69. The fourth-order valence-corrected chi connectivity index (χ4v) is 2.32. The first-order valence-corrected chi connectivity index (χ1v) is 5.94. The van der Waals surface area contributed by atoms with Crippen LogP contribution in [-0.4, -0.2) is 30.1 Å². The number of amides is 1. The molecule has 2 N–H and O–H groups in total. The van der Waals surface area contributed by atoms with Gasteiger partial charge in [-0.2, -0.15) is 0 Å². The molecule has 5 heteroatoms. The monoisotopic (exact) mass is 236 g/mol. The summed E-state index contributed by atoms with van der Waals surface area (Å²) in [5, 5.41) is 6.18. The van der Waals surface area contributed by atoms with Crippen LogP contribution in [0.15, 0.2) is 0 Å². The van der Waals surface area contributed by atoms with Crippen LogP contribution in [-0.2, 0) is 4.79 Å². The third kappa shape index (κ3) is 3.04. The van der Waals surface area contributed by atoms with Crippen molar-refractivity contribution in [1.29, 1.82) is 0 Å². The highest BCUT2D eigenvalue weighted by Gasteiger charge is 2.37. The number of rotatable bonds is 3. The maximum absolute atomic E-state index is 11.5. The Balaban J connectivity index is 0.000000980. The molecular formula is C9H17ClN2OS. The highest BCUT2D eigenvalue weighted by molar-refractivity contribution is 7.99. The third-order valence-corrected chi connectivity index (χ3v) is 3.77. The van der Waals surface area contributed by atoms with Crippen molar-refractivity contribution < 1.29 is 4.79 Å². The van der Waals surface area contributed by atoms with Crippen LogP contribution in [0.1, 0.15) is 19.8 Å². The van der Waals surface area contributed by atoms with Crippen LogP contribution in [0, 0.1) is 5.41 Å². The van der Waals surface area contributed by atoms with E-state index in [-0.39, 0.29) is 24.4 Å². The minimum absolute atomic E-state index is 0. The van der Waals surface area contributed by atoms with E-state index in [2.05, 4.69) is 17.6 Å². The first-order valence-electron chi connectivity index (χ1n) is 4.78. The zero-order valence-corrected chi connectivity index (χ0v) is 9.97. The lowest BCUT2D eigenvalue weighted by molar-refractivity contribution is -0.122. The van der Waals surface area contributed by atoms with Crippen LogP contribution in [0.25, 0.3) is 0 Å². The van der Waals surface area contributed by atoms with Gasteiger partial charge in [0, 0.05) is 18.2 Å². The molecule has 2 aliphatic rings. The highest BCUT2D eigenvalue weighted by Crippen LogP contribution is 2.44. The SMILES string of the molecule is CC1(CNC(=O)C2CSCN2)CC1.Cl. The third-order valence-electron chi connectivity index (χ3n) is 2.83. The number of carbonyl (C=O) groups is 1. The zero-order valence-electron chi connectivity index (χ0n) is 8.34. The normalized spacial score (nSPS) is 27.9. The maximum Gasteiger partial charge on any atom is 0.238 e. The molecular weight excluding hydrogens is 220 g/mol. The van der Waals surface area contributed by atoms with E-state index in [4.69, 9.17) is 0 Å². The molecule has 1 heterocycles. The molecule has 14 heavy (non-hydrogen) atoms. The predicted octanol–water partition coefficient (Wildman–Crippen LogP) is 0.987. The summed E-state index contributed by atoms with van der Waals surface area (Å²) in [7, 11) is 0. The van der Waals surface area contributed by atoms with Crippen molar-refractivity contribution in [2.45, 2.75) is 25.8 Å². The molecule has 1 amide bonds. The zero-order chi connectivity index (χ0) is 9.31. The van der Waals surface area contributed by atoms with Gasteiger partial charge >= 0.3 is 0 Å². The maximum atomic E-state index is 11.5. The van der Waals surface area contributed by atoms with Crippen molar-refractivity contribution in [3.05, 3.63) is 0 Å². The van der Waals surface area contributed by atoms with E-state index in [0.717, 1.165) is 18.2 Å². The first-order chi connectivity index (χ1) is 6.20. The second-order valence-electron chi connectivity index (χ2n) is 4.30. The highest BCUT2D eigenvalue weighted by atomic mass is 35.5. The molecule has 0 spiro atoms. The lowest BCUT2D eigenvalue weighted by Gasteiger charge is -2.13. The molecule has 2 fully saturated rings. The summed E-state index contributed by atoms with van der Waals surface area (Å²) >= 11 is 1.79. The fraction of sp³-hybridized carbons (Fsp3) is 0.889. The van der Waals surface area contributed by atoms with Gasteiger partial charge in [-0.05, 0) is 18.3 Å². The van der Waals surface area contributed by atoms with Gasteiger partial charge in [-0.3, -0.25) is 10.1 Å². The molecule has 1 atom stereocenters. The topological polar surface area (TPSA) is 41.1 Å². The molecule has 1 aliphatic carbocycles. The largest absolute Gasteiger partial charge is 0.354 e. The summed E-state index contributed by atoms with van der Waals surface area (Å²) in [6, 6.07) is 0.0485. The van der Waals surface area contributed by atoms with Gasteiger partial charge in [0.05, 0.1) is 6.04 Å². The van der Waals surface area contributed by atoms with Crippen LogP contribution in [0.4, 0.5) is 0 Å². The average molecular weight is 237 g/mol. The molecule has 1 aliphatic heterocycles. The van der Waals surface area contributed by atoms with Gasteiger partial charge in [-0.15, -0.1) is 24.2 Å². The number of nitrogens with one attached hydrogen (secondary N) is 2. The van der Waals surface area contributed by atoms with E-state index >= 15 is 0 Å². The second kappa shape index (κ2) is 4.73. The number of thioether (sulfide) groups is 1. The van der Waals surface area contributed by atoms with Gasteiger partial charge in [-0.1, -0.05) is 6.92 Å². The lowest BCUT2D eigenvalue weighted by atomic mass is 10.1. The molecule has 3 nitrogen and oxygen atoms in total. The predicted molar refractivity (Wildman–Crippen MR) is 61.8 cm³/mol. The van der Waals surface area contributed by atoms with E-state index in [0.29, 0.717) is 5.41 Å². The van der Waals surface area contributed by atoms with E-state index < -0.39 is 0 Å². The Bertz CT molecular complexity index is 215. The fourth-order valence-electron chi connectivity index (χ4n) is 1.38. The number of hydrogen-bond acceptors (Lipinski definition) is 3. The molecule has 0 bridgehead atoms. The van der Waals surface area contributed by atoms with Crippen LogP contribution < -0.4 is 10.6 Å². The summed E-state index contributed by atoms with van der Waals surface area (Å²) in [4.78, 5) is 11.5. The Kier molecular flexibility index (Phi) is 4.10. The molecule has 0 aromatic rings. The van der Waals surface area contributed by atoms with E-state index in [1.807, 2.05) is 0 Å². The Labute approximate surface area is 95.2 Å². The Morgan fingerprint density at radius 2 is 2.36 bits per heavy atom. The first kappa shape index (κ1) is 12.1. The second-order valence-corrected chi connectivity index (χ2v) is 5.33. The smallest absolute Gasteiger partial charge is 0.238 e. The summed E-state index contributed by atoms with van der Waals surface area (Å²) in [5.74, 6) is 2.01. The van der Waals surface area contributed by atoms with Crippen LogP contribution >= 0.6 is 24.2 Å². The van der Waals surface area contributed by atoms with E-state index in [1.54, 1.807) is 11.8 Å². The summed E-state index contributed by atoms with van der Waals surface area (Å²) in [6.45, 7) is 3.08. The van der Waals surface area contributed by atoms with Crippen LogP contribution in [0.2, 0.25) is 0 Å². The van der Waals surface area contributed by atoms with Gasteiger partial charge in [0.15, 0.2) is 0 Å². The molecule has 0 radical (unpaired) electrons. The molecule has 1 saturated carbocycles. The number of halogens is 1. The quantitative estimate of drug-likeness (QED) is 0.768. The molecule has 0 aromatic carbocycles. The Hall–Kier alpha value is 0.0700. The van der Waals surface area contributed by atoms with Gasteiger partial charge in [0.1, 0.15) is 0 Å². The van der Waals surface area contributed by atoms with Crippen molar-refractivity contribution in [1.82, 2.24) is 10.6 Å². The lowest BCUT2D eigenvalue weighted by Crippen LogP contribution is -2.43. The van der Waals surface area contributed by atoms with Crippen molar-refractivity contribution >= 4 is 30.1 Å². The van der Waals surface area contributed by atoms with Gasteiger partial charge in [0.25, 0.3) is 0 Å². The summed E-state index contributed by atoms with van der Waals surface area (Å²) in [6.07, 6.45) is 2.53.